The standard InChI is InChI=1S/C21H17N3O3/c1-12-13(2)23-19-10-15(7-8-18(19)22-12)21(26)27-11-16-9-14-5-3-4-6-17(14)24-20(16)25/h3-10H,11H2,1-2H3,(H,24,25). The fraction of sp³-hybridized carbons (Fsp3) is 0.143. The number of fused-ring (bicyclic) bond motifs is 2. The van der Waals surface area contributed by atoms with Crippen LogP contribution in [0.4, 0.5) is 0 Å². The van der Waals surface area contributed by atoms with Gasteiger partial charge in [-0.1, -0.05) is 18.2 Å². The van der Waals surface area contributed by atoms with Gasteiger partial charge in [0.05, 0.1) is 33.5 Å². The number of aromatic amines is 1. The second-order valence-corrected chi connectivity index (χ2v) is 6.39. The van der Waals surface area contributed by atoms with E-state index in [0.717, 1.165) is 27.8 Å². The number of hydrogen-bond donors (Lipinski definition) is 1. The first-order chi connectivity index (χ1) is 13.0. The normalized spacial score (nSPS) is 11.0. The van der Waals surface area contributed by atoms with Crippen molar-refractivity contribution in [3.8, 4) is 0 Å². The molecule has 0 aliphatic carbocycles. The summed E-state index contributed by atoms with van der Waals surface area (Å²) in [5, 5.41) is 0.884. The molecule has 0 aliphatic rings. The summed E-state index contributed by atoms with van der Waals surface area (Å²) in [5.41, 5.74) is 4.28. The van der Waals surface area contributed by atoms with Crippen molar-refractivity contribution in [2.24, 2.45) is 0 Å². The third-order valence-electron chi connectivity index (χ3n) is 4.50. The van der Waals surface area contributed by atoms with Crippen molar-refractivity contribution >= 4 is 27.9 Å². The van der Waals surface area contributed by atoms with Crippen molar-refractivity contribution in [1.29, 1.82) is 0 Å². The number of carbonyl (C=O) groups is 1. The molecule has 0 bridgehead atoms. The Kier molecular flexibility index (Phi) is 4.16. The van der Waals surface area contributed by atoms with Gasteiger partial charge in [0.15, 0.2) is 0 Å². The zero-order valence-electron chi connectivity index (χ0n) is 14.9. The minimum absolute atomic E-state index is 0.102. The zero-order valence-corrected chi connectivity index (χ0v) is 14.9. The van der Waals surface area contributed by atoms with E-state index in [-0.39, 0.29) is 12.2 Å². The van der Waals surface area contributed by atoms with Gasteiger partial charge in [0.2, 0.25) is 0 Å². The highest BCUT2D eigenvalue weighted by atomic mass is 16.5. The first-order valence-electron chi connectivity index (χ1n) is 8.54. The molecule has 0 aliphatic heterocycles. The highest BCUT2D eigenvalue weighted by Gasteiger charge is 2.12. The lowest BCUT2D eigenvalue weighted by atomic mass is 10.1. The Morgan fingerprint density at radius 2 is 1.74 bits per heavy atom. The van der Waals surface area contributed by atoms with Crippen LogP contribution in [0, 0.1) is 13.8 Å². The third kappa shape index (κ3) is 3.29. The minimum atomic E-state index is -0.510. The van der Waals surface area contributed by atoms with Crippen molar-refractivity contribution < 1.29 is 9.53 Å². The first-order valence-corrected chi connectivity index (χ1v) is 8.54. The number of benzene rings is 2. The highest BCUT2D eigenvalue weighted by molar-refractivity contribution is 5.93. The van der Waals surface area contributed by atoms with E-state index in [1.807, 2.05) is 38.1 Å². The summed E-state index contributed by atoms with van der Waals surface area (Å²) in [4.78, 5) is 36.3. The number of hydrogen-bond acceptors (Lipinski definition) is 5. The van der Waals surface area contributed by atoms with Crippen LogP contribution in [0.5, 0.6) is 0 Å². The maximum absolute atomic E-state index is 12.4. The molecule has 0 radical (unpaired) electrons. The van der Waals surface area contributed by atoms with Gasteiger partial charge in [0.25, 0.3) is 5.56 Å². The molecule has 0 spiro atoms. The number of esters is 1. The number of aryl methyl sites for hydroxylation is 2. The second kappa shape index (κ2) is 6.64. The molecule has 0 atom stereocenters. The summed E-state index contributed by atoms with van der Waals surface area (Å²) < 4.78 is 5.34. The van der Waals surface area contributed by atoms with Crippen molar-refractivity contribution in [2.45, 2.75) is 20.5 Å². The number of aromatic nitrogens is 3. The molecule has 6 nitrogen and oxygen atoms in total. The Morgan fingerprint density at radius 1 is 1.00 bits per heavy atom. The quantitative estimate of drug-likeness (QED) is 0.566. The molecule has 0 saturated carbocycles. The molecule has 27 heavy (non-hydrogen) atoms. The summed E-state index contributed by atoms with van der Waals surface area (Å²) in [6.07, 6.45) is 0. The number of H-pyrrole nitrogens is 1. The van der Waals surface area contributed by atoms with E-state index in [4.69, 9.17) is 4.74 Å². The Hall–Kier alpha value is -3.54. The fourth-order valence-electron chi connectivity index (χ4n) is 2.88. The predicted octanol–water partition coefficient (Wildman–Crippen LogP) is 3.45. The first kappa shape index (κ1) is 16.9. The molecule has 134 valence electrons. The molecule has 0 unspecified atom stereocenters. The number of ether oxygens (including phenoxy) is 1. The fourth-order valence-corrected chi connectivity index (χ4v) is 2.88. The molecule has 0 fully saturated rings. The topological polar surface area (TPSA) is 84.9 Å². The summed E-state index contributed by atoms with van der Waals surface area (Å²) in [6, 6.07) is 14.2. The van der Waals surface area contributed by atoms with Crippen LogP contribution in [0.25, 0.3) is 21.9 Å². The number of rotatable bonds is 3. The Bertz CT molecular complexity index is 1240. The monoisotopic (exact) mass is 359 g/mol. The van der Waals surface area contributed by atoms with Gasteiger partial charge in [-0.05, 0) is 49.6 Å². The summed E-state index contributed by atoms with van der Waals surface area (Å²) in [6.45, 7) is 3.67. The van der Waals surface area contributed by atoms with Gasteiger partial charge in [-0.2, -0.15) is 0 Å². The van der Waals surface area contributed by atoms with Gasteiger partial charge in [-0.3, -0.25) is 4.79 Å². The predicted molar refractivity (Wildman–Crippen MR) is 103 cm³/mol. The lowest BCUT2D eigenvalue weighted by Gasteiger charge is -2.07. The van der Waals surface area contributed by atoms with E-state index in [2.05, 4.69) is 15.0 Å². The molecule has 0 saturated heterocycles. The third-order valence-corrected chi connectivity index (χ3v) is 4.50. The lowest BCUT2D eigenvalue weighted by Crippen LogP contribution is -2.15. The van der Waals surface area contributed by atoms with E-state index in [1.54, 1.807) is 24.3 Å². The molecular weight excluding hydrogens is 342 g/mol. The second-order valence-electron chi connectivity index (χ2n) is 6.39. The minimum Gasteiger partial charge on any atom is -0.457 e. The van der Waals surface area contributed by atoms with Crippen LogP contribution >= 0.6 is 0 Å². The zero-order chi connectivity index (χ0) is 19.0. The van der Waals surface area contributed by atoms with Gasteiger partial charge < -0.3 is 9.72 Å². The van der Waals surface area contributed by atoms with Gasteiger partial charge in [-0.25, -0.2) is 14.8 Å². The van der Waals surface area contributed by atoms with Crippen LogP contribution in [-0.2, 0) is 11.3 Å². The van der Waals surface area contributed by atoms with Crippen molar-refractivity contribution in [3.05, 3.63) is 81.4 Å². The summed E-state index contributed by atoms with van der Waals surface area (Å²) >= 11 is 0. The average Bonchev–Trinajstić information content (AvgIpc) is 2.66. The van der Waals surface area contributed by atoms with Crippen molar-refractivity contribution in [1.82, 2.24) is 15.0 Å². The van der Waals surface area contributed by atoms with Gasteiger partial charge in [-0.15, -0.1) is 0 Å². The average molecular weight is 359 g/mol. The Balaban J connectivity index is 1.57. The summed E-state index contributed by atoms with van der Waals surface area (Å²) in [7, 11) is 0. The largest absolute Gasteiger partial charge is 0.457 e. The molecule has 0 amide bonds. The van der Waals surface area contributed by atoms with Crippen LogP contribution in [0.2, 0.25) is 0 Å². The number of nitrogens with one attached hydrogen (secondary N) is 1. The van der Waals surface area contributed by atoms with Crippen LogP contribution in [0.3, 0.4) is 0 Å². The Labute approximate surface area is 154 Å². The smallest absolute Gasteiger partial charge is 0.338 e. The van der Waals surface area contributed by atoms with Crippen LogP contribution < -0.4 is 5.56 Å². The number of pyridine rings is 1. The number of nitrogens with zero attached hydrogens (tertiary/aromatic N) is 2. The van der Waals surface area contributed by atoms with E-state index >= 15 is 0 Å². The lowest BCUT2D eigenvalue weighted by molar-refractivity contribution is 0.0471. The maximum atomic E-state index is 12.4. The Morgan fingerprint density at radius 3 is 2.56 bits per heavy atom. The highest BCUT2D eigenvalue weighted by Crippen LogP contribution is 2.16. The van der Waals surface area contributed by atoms with Crippen LogP contribution in [0.1, 0.15) is 27.3 Å². The molecule has 2 aromatic heterocycles. The van der Waals surface area contributed by atoms with Crippen LogP contribution in [0.15, 0.2) is 53.3 Å². The van der Waals surface area contributed by atoms with Crippen LogP contribution in [-0.4, -0.2) is 20.9 Å². The molecule has 2 heterocycles. The van der Waals surface area contributed by atoms with E-state index in [0.29, 0.717) is 16.6 Å². The molecule has 1 N–H and O–H groups in total. The SMILES string of the molecule is Cc1nc2ccc(C(=O)OCc3cc4ccccc4[nH]c3=O)cc2nc1C. The van der Waals surface area contributed by atoms with Gasteiger partial charge >= 0.3 is 5.97 Å². The van der Waals surface area contributed by atoms with Crippen molar-refractivity contribution in [3.63, 3.8) is 0 Å². The molecule has 4 rings (SSSR count). The molecule has 4 aromatic rings. The molecule has 2 aromatic carbocycles. The van der Waals surface area contributed by atoms with Crippen molar-refractivity contribution in [2.75, 3.05) is 0 Å². The maximum Gasteiger partial charge on any atom is 0.338 e. The number of para-hydroxylation sites is 1. The van der Waals surface area contributed by atoms with E-state index in [1.165, 1.54) is 0 Å². The van der Waals surface area contributed by atoms with Gasteiger partial charge in [0.1, 0.15) is 6.61 Å². The van der Waals surface area contributed by atoms with E-state index in [9.17, 15) is 9.59 Å². The summed E-state index contributed by atoms with van der Waals surface area (Å²) in [5.74, 6) is -0.510. The number of carbonyl (C=O) groups excluding carboxylic acids is 1. The molecule has 6 heteroatoms. The van der Waals surface area contributed by atoms with E-state index < -0.39 is 5.97 Å². The van der Waals surface area contributed by atoms with Gasteiger partial charge in [0, 0.05) is 5.52 Å². The molecular formula is C21H17N3O3.